The first-order valence-corrected chi connectivity index (χ1v) is 9.19. The van der Waals surface area contributed by atoms with E-state index in [0.29, 0.717) is 0 Å². The minimum absolute atomic E-state index is 1.07. The molecule has 0 unspecified atom stereocenters. The summed E-state index contributed by atoms with van der Waals surface area (Å²) >= 11 is 1.90. The molecule has 120 valence electrons. The van der Waals surface area contributed by atoms with Crippen molar-refractivity contribution >= 4 is 11.8 Å². The summed E-state index contributed by atoms with van der Waals surface area (Å²) in [5.41, 5.74) is 4.43. The molecule has 1 aromatic rings. The SMILES string of the molecule is CC(C)=CCC/C(C)=C/CC/C(C)=C\CSc1ccccc1. The van der Waals surface area contributed by atoms with Gasteiger partial charge in [-0.2, -0.15) is 0 Å². The molecule has 0 N–H and O–H groups in total. The highest BCUT2D eigenvalue weighted by atomic mass is 32.2. The maximum Gasteiger partial charge on any atom is 0.0163 e. The molecule has 0 spiro atoms. The van der Waals surface area contributed by atoms with E-state index in [1.165, 1.54) is 47.3 Å². The molecule has 0 aromatic heterocycles. The largest absolute Gasteiger partial charge is 0.122 e. The van der Waals surface area contributed by atoms with Crippen molar-refractivity contribution in [3.05, 3.63) is 65.3 Å². The lowest BCUT2D eigenvalue weighted by Crippen LogP contribution is -1.82. The van der Waals surface area contributed by atoms with E-state index in [9.17, 15) is 0 Å². The molecule has 22 heavy (non-hydrogen) atoms. The minimum atomic E-state index is 1.07. The van der Waals surface area contributed by atoms with Crippen molar-refractivity contribution in [1.82, 2.24) is 0 Å². The van der Waals surface area contributed by atoms with E-state index in [2.05, 4.69) is 76.3 Å². The Kier molecular flexibility index (Phi) is 9.74. The molecule has 0 aliphatic heterocycles. The molecule has 1 aromatic carbocycles. The van der Waals surface area contributed by atoms with Crippen LogP contribution in [0, 0.1) is 0 Å². The molecule has 0 nitrogen and oxygen atoms in total. The van der Waals surface area contributed by atoms with E-state index in [1.54, 1.807) is 0 Å². The van der Waals surface area contributed by atoms with Crippen LogP contribution in [-0.4, -0.2) is 5.75 Å². The number of benzene rings is 1. The summed E-state index contributed by atoms with van der Waals surface area (Å²) in [5.74, 6) is 1.07. The molecule has 0 saturated carbocycles. The van der Waals surface area contributed by atoms with Crippen LogP contribution in [0.1, 0.15) is 53.4 Å². The highest BCUT2D eigenvalue weighted by Gasteiger charge is 1.93. The Morgan fingerprint density at radius 1 is 0.818 bits per heavy atom. The van der Waals surface area contributed by atoms with Crippen molar-refractivity contribution in [3.63, 3.8) is 0 Å². The first-order valence-electron chi connectivity index (χ1n) is 8.20. The molecule has 0 amide bonds. The molecule has 0 saturated heterocycles. The zero-order valence-electron chi connectivity index (χ0n) is 14.6. The fourth-order valence-electron chi connectivity index (χ4n) is 2.14. The Morgan fingerprint density at radius 2 is 1.41 bits per heavy atom. The molecule has 0 bridgehead atoms. The summed E-state index contributed by atoms with van der Waals surface area (Å²) in [6.07, 6.45) is 11.8. The van der Waals surface area contributed by atoms with Crippen LogP contribution in [0.2, 0.25) is 0 Å². The second-order valence-corrected chi connectivity index (χ2v) is 7.18. The number of thioether (sulfide) groups is 1. The number of rotatable bonds is 9. The lowest BCUT2D eigenvalue weighted by Gasteiger charge is -2.02. The van der Waals surface area contributed by atoms with Gasteiger partial charge in [0.05, 0.1) is 0 Å². The molecule has 0 heterocycles. The Morgan fingerprint density at radius 3 is 2.05 bits per heavy atom. The van der Waals surface area contributed by atoms with Crippen LogP contribution in [0.5, 0.6) is 0 Å². The lowest BCUT2D eigenvalue weighted by atomic mass is 10.1. The summed E-state index contributed by atoms with van der Waals surface area (Å²) < 4.78 is 0. The maximum absolute atomic E-state index is 2.40. The van der Waals surface area contributed by atoms with Gasteiger partial charge in [-0.3, -0.25) is 0 Å². The summed E-state index contributed by atoms with van der Waals surface area (Å²) in [6.45, 7) is 8.84. The van der Waals surface area contributed by atoms with E-state index in [0.717, 1.165) is 5.75 Å². The third kappa shape index (κ3) is 9.68. The summed E-state index contributed by atoms with van der Waals surface area (Å²) in [4.78, 5) is 1.35. The normalized spacial score (nSPS) is 12.4. The lowest BCUT2D eigenvalue weighted by molar-refractivity contribution is 0.917. The van der Waals surface area contributed by atoms with Gasteiger partial charge in [0.25, 0.3) is 0 Å². The van der Waals surface area contributed by atoms with Crippen LogP contribution in [0.15, 0.2) is 70.2 Å². The average Bonchev–Trinajstić information content (AvgIpc) is 2.48. The van der Waals surface area contributed by atoms with Crippen LogP contribution in [0.4, 0.5) is 0 Å². The topological polar surface area (TPSA) is 0 Å². The highest BCUT2D eigenvalue weighted by Crippen LogP contribution is 2.18. The van der Waals surface area contributed by atoms with E-state index < -0.39 is 0 Å². The number of hydrogen-bond acceptors (Lipinski definition) is 1. The molecule has 1 rings (SSSR count). The molecule has 0 radical (unpaired) electrons. The molecule has 0 aliphatic carbocycles. The molecule has 0 atom stereocenters. The van der Waals surface area contributed by atoms with Crippen molar-refractivity contribution < 1.29 is 0 Å². The van der Waals surface area contributed by atoms with Gasteiger partial charge in [0.2, 0.25) is 0 Å². The molecular formula is C21H30S. The van der Waals surface area contributed by atoms with Crippen LogP contribution in [-0.2, 0) is 0 Å². The van der Waals surface area contributed by atoms with Gasteiger partial charge in [-0.05, 0) is 65.5 Å². The summed E-state index contributed by atoms with van der Waals surface area (Å²) in [6, 6.07) is 10.6. The maximum atomic E-state index is 2.40. The number of allylic oxidation sites excluding steroid dienone is 5. The van der Waals surface area contributed by atoms with Gasteiger partial charge in [0.1, 0.15) is 0 Å². The smallest absolute Gasteiger partial charge is 0.0163 e. The molecule has 0 aliphatic rings. The summed E-state index contributed by atoms with van der Waals surface area (Å²) in [7, 11) is 0. The van der Waals surface area contributed by atoms with Gasteiger partial charge >= 0.3 is 0 Å². The highest BCUT2D eigenvalue weighted by molar-refractivity contribution is 7.99. The summed E-state index contributed by atoms with van der Waals surface area (Å²) in [5, 5.41) is 0. The minimum Gasteiger partial charge on any atom is -0.122 e. The molecule has 0 fully saturated rings. The Labute approximate surface area is 141 Å². The van der Waals surface area contributed by atoms with Crippen LogP contribution >= 0.6 is 11.8 Å². The monoisotopic (exact) mass is 314 g/mol. The van der Waals surface area contributed by atoms with Crippen molar-refractivity contribution in [2.75, 3.05) is 5.75 Å². The van der Waals surface area contributed by atoms with Gasteiger partial charge in [-0.1, -0.05) is 53.1 Å². The van der Waals surface area contributed by atoms with Gasteiger partial charge in [-0.25, -0.2) is 0 Å². The first-order chi connectivity index (χ1) is 10.6. The number of hydrogen-bond donors (Lipinski definition) is 0. The van der Waals surface area contributed by atoms with Crippen molar-refractivity contribution in [1.29, 1.82) is 0 Å². The van der Waals surface area contributed by atoms with Crippen LogP contribution in [0.3, 0.4) is 0 Å². The van der Waals surface area contributed by atoms with E-state index >= 15 is 0 Å². The Hall–Kier alpha value is -1.21. The molecule has 1 heteroatoms. The average molecular weight is 315 g/mol. The quantitative estimate of drug-likeness (QED) is 0.343. The standard InChI is InChI=1S/C21H30S/c1-18(2)10-8-11-19(3)12-9-13-20(4)16-17-22-21-14-6-5-7-15-21/h5-7,10,12,14-16H,8-9,11,13,17H2,1-4H3/b19-12+,20-16-. The van der Waals surface area contributed by atoms with Crippen molar-refractivity contribution in [3.8, 4) is 0 Å². The fourth-order valence-corrected chi connectivity index (χ4v) is 3.05. The van der Waals surface area contributed by atoms with Gasteiger partial charge in [0.15, 0.2) is 0 Å². The van der Waals surface area contributed by atoms with Gasteiger partial charge in [-0.15, -0.1) is 11.8 Å². The van der Waals surface area contributed by atoms with Crippen LogP contribution in [0.25, 0.3) is 0 Å². The van der Waals surface area contributed by atoms with E-state index in [-0.39, 0.29) is 0 Å². The van der Waals surface area contributed by atoms with Crippen LogP contribution < -0.4 is 0 Å². The Bertz CT molecular complexity index is 502. The second kappa shape index (κ2) is 11.4. The predicted molar refractivity (Wildman–Crippen MR) is 103 cm³/mol. The van der Waals surface area contributed by atoms with Gasteiger partial charge in [0, 0.05) is 10.6 Å². The van der Waals surface area contributed by atoms with Crippen molar-refractivity contribution in [2.24, 2.45) is 0 Å². The van der Waals surface area contributed by atoms with E-state index in [1.807, 2.05) is 11.8 Å². The second-order valence-electron chi connectivity index (χ2n) is 6.08. The Balaban J connectivity index is 2.22. The molecular weight excluding hydrogens is 284 g/mol. The zero-order chi connectivity index (χ0) is 16.2. The zero-order valence-corrected chi connectivity index (χ0v) is 15.4. The van der Waals surface area contributed by atoms with Gasteiger partial charge < -0.3 is 0 Å². The third-order valence-corrected chi connectivity index (χ3v) is 4.49. The van der Waals surface area contributed by atoms with Crippen molar-refractivity contribution in [2.45, 2.75) is 58.3 Å². The fraction of sp³-hybridized carbons (Fsp3) is 0.429. The first kappa shape index (κ1) is 18.8. The third-order valence-electron chi connectivity index (χ3n) is 3.55. The predicted octanol–water partition coefficient (Wildman–Crippen LogP) is 7.20. The van der Waals surface area contributed by atoms with E-state index in [4.69, 9.17) is 0 Å².